The molecule has 20 heavy (non-hydrogen) atoms. The van der Waals surface area contributed by atoms with E-state index in [4.69, 9.17) is 0 Å². The fourth-order valence-electron chi connectivity index (χ4n) is 2.87. The predicted octanol–water partition coefficient (Wildman–Crippen LogP) is 3.85. The van der Waals surface area contributed by atoms with Crippen LogP contribution >= 0.6 is 0 Å². The smallest absolute Gasteiger partial charge is 0.271 e. The largest absolute Gasteiger partial charge is 0.305 e. The third kappa shape index (κ3) is 3.73. The van der Waals surface area contributed by atoms with Gasteiger partial charge in [0.25, 0.3) is 5.69 Å². The van der Waals surface area contributed by atoms with Crippen LogP contribution in [0.5, 0.6) is 0 Å². The van der Waals surface area contributed by atoms with E-state index in [0.717, 1.165) is 12.1 Å². The van der Waals surface area contributed by atoms with Gasteiger partial charge in [-0.3, -0.25) is 10.1 Å². The maximum absolute atomic E-state index is 10.7. The molecule has 108 valence electrons. The van der Waals surface area contributed by atoms with Gasteiger partial charge in [-0.1, -0.05) is 32.9 Å². The van der Waals surface area contributed by atoms with Crippen molar-refractivity contribution in [2.24, 2.45) is 11.3 Å². The van der Waals surface area contributed by atoms with Gasteiger partial charge >= 0.3 is 0 Å². The standard InChI is InChI=1S/C15H21N3O2/c1-11-7-13(10-15(2,3)9-11)17-16-12-5-4-6-14(8-12)18(19)20/h4-6,8,10-11,16-17H,7,9H2,1-3H3/t11-/m1/s1. The summed E-state index contributed by atoms with van der Waals surface area (Å²) in [6.45, 7) is 6.68. The molecule has 1 aliphatic carbocycles. The van der Waals surface area contributed by atoms with E-state index >= 15 is 0 Å². The highest BCUT2D eigenvalue weighted by atomic mass is 16.6. The number of hydrogen-bond donors (Lipinski definition) is 2. The number of nitrogens with zero attached hydrogens (tertiary/aromatic N) is 1. The first kappa shape index (κ1) is 14.4. The van der Waals surface area contributed by atoms with Crippen molar-refractivity contribution < 1.29 is 4.92 Å². The quantitative estimate of drug-likeness (QED) is 0.647. The van der Waals surface area contributed by atoms with E-state index in [1.807, 2.05) is 0 Å². The summed E-state index contributed by atoms with van der Waals surface area (Å²) in [4.78, 5) is 10.3. The lowest BCUT2D eigenvalue weighted by Gasteiger charge is -2.32. The minimum Gasteiger partial charge on any atom is -0.305 e. The van der Waals surface area contributed by atoms with Crippen molar-refractivity contribution >= 4 is 11.4 Å². The summed E-state index contributed by atoms with van der Waals surface area (Å²) in [6.07, 6.45) is 4.40. The number of anilines is 1. The Labute approximate surface area is 119 Å². The van der Waals surface area contributed by atoms with Crippen LogP contribution in [0, 0.1) is 21.4 Å². The van der Waals surface area contributed by atoms with Crippen molar-refractivity contribution in [1.29, 1.82) is 0 Å². The van der Waals surface area contributed by atoms with E-state index in [1.165, 1.54) is 18.6 Å². The van der Waals surface area contributed by atoms with Crippen molar-refractivity contribution in [1.82, 2.24) is 5.43 Å². The zero-order valence-electron chi connectivity index (χ0n) is 12.1. The van der Waals surface area contributed by atoms with Gasteiger partial charge in [0.05, 0.1) is 10.6 Å². The molecule has 1 aromatic carbocycles. The lowest BCUT2D eigenvalue weighted by atomic mass is 9.76. The first-order valence-electron chi connectivity index (χ1n) is 6.84. The van der Waals surface area contributed by atoms with Crippen LogP contribution < -0.4 is 10.9 Å². The van der Waals surface area contributed by atoms with Crippen LogP contribution in [0.3, 0.4) is 0 Å². The maximum Gasteiger partial charge on any atom is 0.271 e. The van der Waals surface area contributed by atoms with Gasteiger partial charge < -0.3 is 10.9 Å². The van der Waals surface area contributed by atoms with Gasteiger partial charge in [0, 0.05) is 17.8 Å². The number of nitrogens with one attached hydrogen (secondary N) is 2. The second-order valence-electron chi connectivity index (χ2n) is 6.23. The molecular formula is C15H21N3O2. The number of rotatable bonds is 4. The fourth-order valence-corrected chi connectivity index (χ4v) is 2.87. The third-order valence-electron chi connectivity index (χ3n) is 3.43. The molecule has 0 bridgehead atoms. The lowest BCUT2D eigenvalue weighted by molar-refractivity contribution is -0.384. The van der Waals surface area contributed by atoms with Crippen molar-refractivity contribution in [2.75, 3.05) is 5.43 Å². The van der Waals surface area contributed by atoms with E-state index in [9.17, 15) is 10.1 Å². The molecule has 0 spiro atoms. The van der Waals surface area contributed by atoms with Crippen molar-refractivity contribution in [3.63, 3.8) is 0 Å². The second kappa shape index (κ2) is 5.53. The molecule has 5 heteroatoms. The highest BCUT2D eigenvalue weighted by Gasteiger charge is 2.25. The van der Waals surface area contributed by atoms with Crippen molar-refractivity contribution in [2.45, 2.75) is 33.6 Å². The van der Waals surface area contributed by atoms with Gasteiger partial charge in [-0.05, 0) is 30.2 Å². The van der Waals surface area contributed by atoms with Gasteiger partial charge in [0.15, 0.2) is 0 Å². The van der Waals surface area contributed by atoms with Gasteiger partial charge in [-0.25, -0.2) is 0 Å². The number of non-ortho nitro benzene ring substituents is 1. The van der Waals surface area contributed by atoms with Crippen LogP contribution in [-0.2, 0) is 0 Å². The Bertz CT molecular complexity index is 538. The monoisotopic (exact) mass is 275 g/mol. The minimum atomic E-state index is -0.393. The number of benzene rings is 1. The maximum atomic E-state index is 10.7. The summed E-state index contributed by atoms with van der Waals surface area (Å²) in [5.41, 5.74) is 8.32. The highest BCUT2D eigenvalue weighted by molar-refractivity contribution is 5.50. The summed E-state index contributed by atoms with van der Waals surface area (Å²) in [6, 6.07) is 6.48. The van der Waals surface area contributed by atoms with Crippen molar-refractivity contribution in [3.05, 3.63) is 46.2 Å². The predicted molar refractivity (Wildman–Crippen MR) is 80.1 cm³/mol. The van der Waals surface area contributed by atoms with Crippen LogP contribution in [-0.4, -0.2) is 4.92 Å². The normalized spacial score (nSPS) is 20.9. The number of nitro groups is 1. The molecule has 1 atom stereocenters. The number of allylic oxidation sites excluding steroid dienone is 2. The molecule has 0 aromatic heterocycles. The zero-order valence-corrected chi connectivity index (χ0v) is 12.1. The van der Waals surface area contributed by atoms with Crippen LogP contribution in [0.25, 0.3) is 0 Å². The number of hydrazine groups is 1. The zero-order chi connectivity index (χ0) is 14.8. The van der Waals surface area contributed by atoms with E-state index in [0.29, 0.717) is 11.6 Å². The minimum absolute atomic E-state index is 0.0862. The van der Waals surface area contributed by atoms with Gasteiger partial charge in [0.2, 0.25) is 0 Å². The number of hydrogen-bond acceptors (Lipinski definition) is 4. The molecule has 0 radical (unpaired) electrons. The summed E-state index contributed by atoms with van der Waals surface area (Å²) >= 11 is 0. The van der Waals surface area contributed by atoms with E-state index in [1.54, 1.807) is 12.1 Å². The lowest BCUT2D eigenvalue weighted by Crippen LogP contribution is -2.29. The van der Waals surface area contributed by atoms with Crippen LogP contribution in [0.15, 0.2) is 36.0 Å². The first-order valence-corrected chi connectivity index (χ1v) is 6.84. The first-order chi connectivity index (χ1) is 9.35. The SMILES string of the molecule is C[C@@H]1CC(NNc2cccc([N+](=O)[O-])c2)=CC(C)(C)C1. The number of nitro benzene ring substituents is 1. The summed E-state index contributed by atoms with van der Waals surface area (Å²) in [5, 5.41) is 10.7. The Kier molecular flexibility index (Phi) is 3.97. The van der Waals surface area contributed by atoms with Crippen LogP contribution in [0.4, 0.5) is 11.4 Å². The molecule has 2 rings (SSSR count). The summed E-state index contributed by atoms with van der Waals surface area (Å²) < 4.78 is 0. The Morgan fingerprint density at radius 1 is 1.35 bits per heavy atom. The molecule has 5 nitrogen and oxygen atoms in total. The average Bonchev–Trinajstić information content (AvgIpc) is 2.34. The topological polar surface area (TPSA) is 67.2 Å². The summed E-state index contributed by atoms with van der Waals surface area (Å²) in [5.74, 6) is 0.629. The third-order valence-corrected chi connectivity index (χ3v) is 3.43. The van der Waals surface area contributed by atoms with Gasteiger partial charge in [-0.2, -0.15) is 0 Å². The molecule has 0 saturated carbocycles. The summed E-state index contributed by atoms with van der Waals surface area (Å²) in [7, 11) is 0. The molecule has 0 aliphatic heterocycles. The molecule has 1 aliphatic rings. The van der Waals surface area contributed by atoms with E-state index in [-0.39, 0.29) is 11.1 Å². The van der Waals surface area contributed by atoms with Crippen molar-refractivity contribution in [3.8, 4) is 0 Å². The Hall–Kier alpha value is -2.04. The van der Waals surface area contributed by atoms with Gasteiger partial charge in [-0.15, -0.1) is 0 Å². The van der Waals surface area contributed by atoms with Gasteiger partial charge in [0.1, 0.15) is 0 Å². The Morgan fingerprint density at radius 3 is 2.75 bits per heavy atom. The van der Waals surface area contributed by atoms with Crippen LogP contribution in [0.2, 0.25) is 0 Å². The Morgan fingerprint density at radius 2 is 2.10 bits per heavy atom. The van der Waals surface area contributed by atoms with Crippen LogP contribution in [0.1, 0.15) is 33.6 Å². The average molecular weight is 275 g/mol. The molecular weight excluding hydrogens is 254 g/mol. The van der Waals surface area contributed by atoms with E-state index in [2.05, 4.69) is 37.7 Å². The molecule has 0 fully saturated rings. The van der Waals surface area contributed by atoms with E-state index < -0.39 is 4.92 Å². The molecule has 2 N–H and O–H groups in total. The molecule has 0 unspecified atom stereocenters. The molecule has 0 saturated heterocycles. The second-order valence-corrected chi connectivity index (χ2v) is 6.23. The Balaban J connectivity index is 2.03. The molecule has 1 aromatic rings. The molecule has 0 heterocycles. The molecule has 0 amide bonds. The fraction of sp³-hybridized carbons (Fsp3) is 0.467. The highest BCUT2D eigenvalue weighted by Crippen LogP contribution is 2.35.